The van der Waals surface area contributed by atoms with Gasteiger partial charge in [-0.1, -0.05) is 12.1 Å². The number of amides is 1. The van der Waals surface area contributed by atoms with Crippen LogP contribution in [0.1, 0.15) is 23.2 Å². The van der Waals surface area contributed by atoms with E-state index >= 15 is 0 Å². The zero-order valence-corrected chi connectivity index (χ0v) is 18.5. The van der Waals surface area contributed by atoms with Crippen LogP contribution in [-0.2, 0) is 4.74 Å². The van der Waals surface area contributed by atoms with E-state index in [9.17, 15) is 9.90 Å². The van der Waals surface area contributed by atoms with Gasteiger partial charge in [-0.3, -0.25) is 4.79 Å². The molecule has 170 valence electrons. The number of nitrogens with zero attached hydrogens (tertiary/aromatic N) is 3. The number of morpholine rings is 1. The van der Waals surface area contributed by atoms with Crippen LogP contribution < -0.4 is 10.2 Å². The molecule has 0 spiro atoms. The number of aromatic nitrogens is 1. The van der Waals surface area contributed by atoms with Gasteiger partial charge in [-0.25, -0.2) is 4.98 Å². The summed E-state index contributed by atoms with van der Waals surface area (Å²) in [5.74, 6) is 1.18. The molecule has 3 heterocycles. The Hall–Kier alpha value is -3.58. The molecule has 7 heteroatoms. The molecule has 0 saturated carbocycles. The maximum absolute atomic E-state index is 12.9. The SMILES string of the molecule is O=C(c1cccc(-c2cc(Nc3ccc(O)cc3)cc(N3CCOCC3)n2)c1)N1CCCC1. The predicted molar refractivity (Wildman–Crippen MR) is 129 cm³/mol. The molecule has 0 unspecified atom stereocenters. The minimum atomic E-state index is 0.0844. The number of phenolic OH excluding ortho intramolecular Hbond substituents is 1. The Morgan fingerprint density at radius 3 is 2.42 bits per heavy atom. The first-order valence-corrected chi connectivity index (χ1v) is 11.5. The minimum Gasteiger partial charge on any atom is -0.508 e. The fourth-order valence-corrected chi connectivity index (χ4v) is 4.32. The van der Waals surface area contributed by atoms with E-state index in [1.54, 1.807) is 12.1 Å². The van der Waals surface area contributed by atoms with Crippen LogP contribution in [0.2, 0.25) is 0 Å². The summed E-state index contributed by atoms with van der Waals surface area (Å²) in [7, 11) is 0. The number of hydrogen-bond acceptors (Lipinski definition) is 6. The number of likely N-dealkylation sites (tertiary alicyclic amines) is 1. The number of carbonyl (C=O) groups excluding carboxylic acids is 1. The van der Waals surface area contributed by atoms with Crippen molar-refractivity contribution in [3.63, 3.8) is 0 Å². The number of pyridine rings is 1. The average Bonchev–Trinajstić information content (AvgIpc) is 3.41. The van der Waals surface area contributed by atoms with Crippen molar-refractivity contribution in [3.05, 3.63) is 66.2 Å². The van der Waals surface area contributed by atoms with Crippen LogP contribution >= 0.6 is 0 Å². The monoisotopic (exact) mass is 444 g/mol. The van der Waals surface area contributed by atoms with Gasteiger partial charge in [-0.05, 0) is 55.3 Å². The summed E-state index contributed by atoms with van der Waals surface area (Å²) in [4.78, 5) is 22.0. The average molecular weight is 445 g/mol. The van der Waals surface area contributed by atoms with E-state index in [0.717, 1.165) is 67.5 Å². The van der Waals surface area contributed by atoms with Crippen LogP contribution in [0.3, 0.4) is 0 Å². The number of ether oxygens (including phenoxy) is 1. The van der Waals surface area contributed by atoms with E-state index in [0.29, 0.717) is 18.8 Å². The zero-order valence-electron chi connectivity index (χ0n) is 18.5. The number of phenols is 1. The first-order chi connectivity index (χ1) is 16.2. The molecule has 1 amide bonds. The maximum Gasteiger partial charge on any atom is 0.253 e. The van der Waals surface area contributed by atoms with Crippen LogP contribution in [0, 0.1) is 0 Å². The van der Waals surface area contributed by atoms with Gasteiger partial charge in [0.2, 0.25) is 0 Å². The van der Waals surface area contributed by atoms with Gasteiger partial charge in [-0.2, -0.15) is 0 Å². The van der Waals surface area contributed by atoms with Crippen LogP contribution in [-0.4, -0.2) is 60.3 Å². The number of anilines is 3. The van der Waals surface area contributed by atoms with E-state index in [-0.39, 0.29) is 11.7 Å². The van der Waals surface area contributed by atoms with Gasteiger partial charge in [0.25, 0.3) is 5.91 Å². The zero-order chi connectivity index (χ0) is 22.6. The molecule has 1 aromatic heterocycles. The Morgan fingerprint density at radius 1 is 0.909 bits per heavy atom. The standard InChI is InChI=1S/C26H28N4O3/c31-23-8-6-21(7-9-23)27-22-17-24(28-25(18-22)29-12-14-33-15-13-29)19-4-3-5-20(16-19)26(32)30-10-1-2-11-30/h3-9,16-18,31H,1-2,10-15H2,(H,27,28). The largest absolute Gasteiger partial charge is 0.508 e. The quantitative estimate of drug-likeness (QED) is 0.573. The smallest absolute Gasteiger partial charge is 0.253 e. The number of rotatable bonds is 5. The first kappa shape index (κ1) is 21.3. The highest BCUT2D eigenvalue weighted by molar-refractivity contribution is 5.95. The Kier molecular flexibility index (Phi) is 6.13. The van der Waals surface area contributed by atoms with Gasteiger partial charge in [0.1, 0.15) is 11.6 Å². The van der Waals surface area contributed by atoms with Crippen LogP contribution in [0.25, 0.3) is 11.3 Å². The summed E-state index contributed by atoms with van der Waals surface area (Å²) in [6, 6.07) is 18.7. The van der Waals surface area contributed by atoms with Crippen molar-refractivity contribution in [2.24, 2.45) is 0 Å². The highest BCUT2D eigenvalue weighted by Crippen LogP contribution is 2.29. The Morgan fingerprint density at radius 2 is 1.67 bits per heavy atom. The third-order valence-electron chi connectivity index (χ3n) is 6.10. The van der Waals surface area contributed by atoms with Crippen LogP contribution in [0.15, 0.2) is 60.7 Å². The molecule has 5 rings (SSSR count). The molecule has 33 heavy (non-hydrogen) atoms. The van der Waals surface area contributed by atoms with Crippen molar-refractivity contribution >= 4 is 23.1 Å². The fourth-order valence-electron chi connectivity index (χ4n) is 4.32. The van der Waals surface area contributed by atoms with Crippen molar-refractivity contribution in [2.75, 3.05) is 49.6 Å². The second kappa shape index (κ2) is 9.50. The maximum atomic E-state index is 12.9. The molecule has 2 N–H and O–H groups in total. The predicted octanol–water partition coefficient (Wildman–Crippen LogP) is 4.27. The summed E-state index contributed by atoms with van der Waals surface area (Å²) in [5, 5.41) is 13.0. The molecule has 3 aromatic rings. The Labute approximate surface area is 193 Å². The van der Waals surface area contributed by atoms with Gasteiger partial charge in [0.05, 0.1) is 18.9 Å². The van der Waals surface area contributed by atoms with Gasteiger partial charge in [-0.15, -0.1) is 0 Å². The lowest BCUT2D eigenvalue weighted by molar-refractivity contribution is 0.0793. The van der Waals surface area contributed by atoms with E-state index in [1.165, 1.54) is 0 Å². The topological polar surface area (TPSA) is 77.9 Å². The van der Waals surface area contributed by atoms with Crippen molar-refractivity contribution < 1.29 is 14.6 Å². The normalized spacial score (nSPS) is 16.1. The number of aromatic hydroxyl groups is 1. The molecule has 7 nitrogen and oxygen atoms in total. The summed E-state index contributed by atoms with van der Waals surface area (Å²) in [6.45, 7) is 4.56. The number of carbonyl (C=O) groups is 1. The second-order valence-electron chi connectivity index (χ2n) is 8.45. The van der Waals surface area contributed by atoms with Gasteiger partial charge in [0, 0.05) is 54.7 Å². The summed E-state index contributed by atoms with van der Waals surface area (Å²) in [6.07, 6.45) is 2.14. The van der Waals surface area contributed by atoms with Crippen molar-refractivity contribution in [2.45, 2.75) is 12.8 Å². The van der Waals surface area contributed by atoms with E-state index < -0.39 is 0 Å². The van der Waals surface area contributed by atoms with Crippen molar-refractivity contribution in [3.8, 4) is 17.0 Å². The minimum absolute atomic E-state index is 0.0844. The van der Waals surface area contributed by atoms with Crippen LogP contribution in [0.4, 0.5) is 17.2 Å². The molecule has 0 atom stereocenters. The molecule has 2 saturated heterocycles. The Bertz CT molecular complexity index is 1120. The lowest BCUT2D eigenvalue weighted by Crippen LogP contribution is -2.36. The van der Waals surface area contributed by atoms with Gasteiger partial charge >= 0.3 is 0 Å². The summed E-state index contributed by atoms with van der Waals surface area (Å²) < 4.78 is 5.51. The first-order valence-electron chi connectivity index (χ1n) is 11.5. The fraction of sp³-hybridized carbons (Fsp3) is 0.308. The molecular formula is C26H28N4O3. The third kappa shape index (κ3) is 4.93. The third-order valence-corrected chi connectivity index (χ3v) is 6.10. The van der Waals surface area contributed by atoms with Gasteiger partial charge < -0.3 is 25.0 Å². The second-order valence-corrected chi connectivity index (χ2v) is 8.45. The summed E-state index contributed by atoms with van der Waals surface area (Å²) in [5.41, 5.74) is 4.17. The molecule has 2 fully saturated rings. The molecule has 0 radical (unpaired) electrons. The lowest BCUT2D eigenvalue weighted by atomic mass is 10.1. The van der Waals surface area contributed by atoms with Crippen molar-refractivity contribution in [1.29, 1.82) is 0 Å². The molecule has 2 aliphatic heterocycles. The Balaban J connectivity index is 1.49. The number of benzene rings is 2. The van der Waals surface area contributed by atoms with Crippen LogP contribution in [0.5, 0.6) is 5.75 Å². The van der Waals surface area contributed by atoms with E-state index in [4.69, 9.17) is 9.72 Å². The van der Waals surface area contributed by atoms with E-state index in [1.807, 2.05) is 53.4 Å². The number of nitrogens with one attached hydrogen (secondary N) is 1. The lowest BCUT2D eigenvalue weighted by Gasteiger charge is -2.28. The summed E-state index contributed by atoms with van der Waals surface area (Å²) >= 11 is 0. The molecule has 0 bridgehead atoms. The molecule has 2 aromatic carbocycles. The van der Waals surface area contributed by atoms with Crippen molar-refractivity contribution in [1.82, 2.24) is 9.88 Å². The van der Waals surface area contributed by atoms with E-state index in [2.05, 4.69) is 10.2 Å². The molecule has 0 aliphatic carbocycles. The highest BCUT2D eigenvalue weighted by atomic mass is 16.5. The van der Waals surface area contributed by atoms with Gasteiger partial charge in [0.15, 0.2) is 0 Å². The highest BCUT2D eigenvalue weighted by Gasteiger charge is 2.20. The molecule has 2 aliphatic rings. The molecular weight excluding hydrogens is 416 g/mol. The number of hydrogen-bond donors (Lipinski definition) is 2.